The smallest absolute Gasteiger partial charge is 0.229 e. The predicted molar refractivity (Wildman–Crippen MR) is 105 cm³/mol. The highest BCUT2D eigenvalue weighted by Crippen LogP contribution is 2.24. The van der Waals surface area contributed by atoms with Gasteiger partial charge in [0.2, 0.25) is 5.91 Å². The number of nitrogens with one attached hydrogen (secondary N) is 1. The molecule has 0 bridgehead atoms. The van der Waals surface area contributed by atoms with Gasteiger partial charge < -0.3 is 10.2 Å². The number of benzene rings is 1. The Morgan fingerprint density at radius 3 is 2.64 bits per heavy atom. The molecule has 6 nitrogen and oxygen atoms in total. The van der Waals surface area contributed by atoms with Gasteiger partial charge in [0.25, 0.3) is 0 Å². The molecule has 28 heavy (non-hydrogen) atoms. The number of carbonyl (C=O) groups is 1. The van der Waals surface area contributed by atoms with Crippen LogP contribution in [0.25, 0.3) is 11.3 Å². The van der Waals surface area contributed by atoms with E-state index in [1.54, 1.807) is 30.6 Å². The summed E-state index contributed by atoms with van der Waals surface area (Å²) in [7, 11) is 0. The average molecular weight is 377 g/mol. The zero-order chi connectivity index (χ0) is 19.3. The lowest BCUT2D eigenvalue weighted by molar-refractivity contribution is -0.120. The molecule has 1 unspecified atom stereocenters. The maximum Gasteiger partial charge on any atom is 0.229 e. The van der Waals surface area contributed by atoms with Crippen LogP contribution in [0, 0.1) is 11.7 Å². The predicted octanol–water partition coefficient (Wildman–Crippen LogP) is 3.53. The highest BCUT2D eigenvalue weighted by Gasteiger charge is 2.27. The van der Waals surface area contributed by atoms with Crippen LogP contribution in [0.2, 0.25) is 0 Å². The van der Waals surface area contributed by atoms with Gasteiger partial charge in [-0.15, -0.1) is 10.2 Å². The van der Waals surface area contributed by atoms with Gasteiger partial charge in [0.1, 0.15) is 5.82 Å². The summed E-state index contributed by atoms with van der Waals surface area (Å²) in [6.45, 7) is 1.34. The number of aromatic nitrogens is 3. The molecule has 0 radical (unpaired) electrons. The fraction of sp³-hybridized carbons (Fsp3) is 0.238. The third-order valence-corrected chi connectivity index (χ3v) is 4.87. The van der Waals surface area contributed by atoms with Crippen LogP contribution in [0.5, 0.6) is 0 Å². The Morgan fingerprint density at radius 1 is 1.07 bits per heavy atom. The van der Waals surface area contributed by atoms with E-state index in [9.17, 15) is 9.18 Å². The summed E-state index contributed by atoms with van der Waals surface area (Å²) >= 11 is 0. The van der Waals surface area contributed by atoms with E-state index in [1.807, 2.05) is 24.3 Å². The Balaban J connectivity index is 1.43. The van der Waals surface area contributed by atoms with Gasteiger partial charge in [-0.2, -0.15) is 0 Å². The second-order valence-corrected chi connectivity index (χ2v) is 6.77. The van der Waals surface area contributed by atoms with Crippen molar-refractivity contribution in [1.82, 2.24) is 15.2 Å². The number of para-hydroxylation sites is 1. The largest absolute Gasteiger partial charge is 0.354 e. The van der Waals surface area contributed by atoms with E-state index in [1.165, 1.54) is 6.07 Å². The summed E-state index contributed by atoms with van der Waals surface area (Å²) in [4.78, 5) is 18.6. The zero-order valence-electron chi connectivity index (χ0n) is 15.3. The molecule has 1 aliphatic rings. The van der Waals surface area contributed by atoms with E-state index < -0.39 is 5.82 Å². The van der Waals surface area contributed by atoms with Crippen molar-refractivity contribution in [1.29, 1.82) is 0 Å². The molecular formula is C21H20FN5O. The molecule has 1 saturated heterocycles. The number of nitrogens with zero attached hydrogens (tertiary/aromatic N) is 4. The number of anilines is 2. The van der Waals surface area contributed by atoms with Gasteiger partial charge in [0.05, 0.1) is 17.3 Å². The van der Waals surface area contributed by atoms with Gasteiger partial charge in [0.15, 0.2) is 5.82 Å². The minimum atomic E-state index is -0.430. The Hall–Kier alpha value is -3.35. The Morgan fingerprint density at radius 2 is 1.89 bits per heavy atom. The first-order valence-corrected chi connectivity index (χ1v) is 9.25. The normalized spacial score (nSPS) is 16.6. The number of carbonyl (C=O) groups excluding carboxylic acids is 1. The van der Waals surface area contributed by atoms with Gasteiger partial charge in [-0.05, 0) is 49.2 Å². The Bertz CT molecular complexity index is 949. The van der Waals surface area contributed by atoms with Crippen molar-refractivity contribution in [2.45, 2.75) is 12.8 Å². The van der Waals surface area contributed by atoms with E-state index in [-0.39, 0.29) is 17.5 Å². The maximum absolute atomic E-state index is 13.8. The summed E-state index contributed by atoms with van der Waals surface area (Å²) in [6.07, 6.45) is 5.06. The van der Waals surface area contributed by atoms with E-state index in [0.29, 0.717) is 6.54 Å². The quantitative estimate of drug-likeness (QED) is 0.753. The Kier molecular flexibility index (Phi) is 5.23. The molecule has 1 N–H and O–H groups in total. The first-order valence-electron chi connectivity index (χ1n) is 9.25. The third kappa shape index (κ3) is 3.98. The van der Waals surface area contributed by atoms with Crippen LogP contribution in [0.3, 0.4) is 0 Å². The number of halogens is 1. The van der Waals surface area contributed by atoms with Crippen molar-refractivity contribution < 1.29 is 9.18 Å². The SMILES string of the molecule is O=C(Nc1ccccc1F)C1CCCN(c2ccc(-c3ccncc3)nn2)C1. The fourth-order valence-corrected chi connectivity index (χ4v) is 3.37. The monoisotopic (exact) mass is 377 g/mol. The van der Waals surface area contributed by atoms with E-state index in [4.69, 9.17) is 0 Å². The summed E-state index contributed by atoms with van der Waals surface area (Å²) in [5, 5.41) is 11.3. The number of rotatable bonds is 4. The molecule has 3 heterocycles. The fourth-order valence-electron chi connectivity index (χ4n) is 3.37. The van der Waals surface area contributed by atoms with E-state index in [0.717, 1.165) is 36.5 Å². The number of hydrogen-bond acceptors (Lipinski definition) is 5. The molecule has 142 valence electrons. The molecule has 0 saturated carbocycles. The van der Waals surface area contributed by atoms with E-state index in [2.05, 4.69) is 25.4 Å². The molecule has 0 aliphatic carbocycles. The minimum Gasteiger partial charge on any atom is -0.354 e. The zero-order valence-corrected chi connectivity index (χ0v) is 15.3. The van der Waals surface area contributed by atoms with Crippen LogP contribution in [0.15, 0.2) is 60.9 Å². The van der Waals surface area contributed by atoms with E-state index >= 15 is 0 Å². The molecule has 1 atom stereocenters. The number of hydrogen-bond donors (Lipinski definition) is 1. The molecule has 2 aromatic heterocycles. The average Bonchev–Trinajstić information content (AvgIpc) is 2.76. The van der Waals surface area contributed by atoms with Crippen molar-refractivity contribution in [2.24, 2.45) is 5.92 Å². The molecule has 1 amide bonds. The number of piperidine rings is 1. The van der Waals surface area contributed by atoms with Crippen molar-refractivity contribution in [2.75, 3.05) is 23.3 Å². The highest BCUT2D eigenvalue weighted by molar-refractivity contribution is 5.93. The van der Waals surface area contributed by atoms with Crippen molar-refractivity contribution >= 4 is 17.4 Å². The summed E-state index contributed by atoms with van der Waals surface area (Å²) < 4.78 is 13.8. The molecule has 1 aliphatic heterocycles. The second kappa shape index (κ2) is 8.12. The number of pyridine rings is 1. The maximum atomic E-state index is 13.8. The number of amides is 1. The van der Waals surface area contributed by atoms with Crippen molar-refractivity contribution in [3.05, 3.63) is 66.7 Å². The van der Waals surface area contributed by atoms with Gasteiger partial charge >= 0.3 is 0 Å². The van der Waals surface area contributed by atoms with Crippen molar-refractivity contribution in [3.63, 3.8) is 0 Å². The van der Waals surface area contributed by atoms with Crippen LogP contribution >= 0.6 is 0 Å². The van der Waals surface area contributed by atoms with Crippen LogP contribution in [0.1, 0.15) is 12.8 Å². The molecule has 0 spiro atoms. The van der Waals surface area contributed by atoms with Crippen molar-refractivity contribution in [3.8, 4) is 11.3 Å². The van der Waals surface area contributed by atoms with Crippen LogP contribution < -0.4 is 10.2 Å². The first-order chi connectivity index (χ1) is 13.7. The molecule has 3 aromatic rings. The lowest BCUT2D eigenvalue weighted by Gasteiger charge is -2.32. The summed E-state index contributed by atoms with van der Waals surface area (Å²) in [5.41, 5.74) is 1.94. The molecule has 4 rings (SSSR count). The van der Waals surface area contributed by atoms with Gasteiger partial charge in [0, 0.05) is 31.0 Å². The first kappa shape index (κ1) is 18.0. The lowest BCUT2D eigenvalue weighted by Crippen LogP contribution is -2.41. The van der Waals surface area contributed by atoms with Crippen LogP contribution in [0.4, 0.5) is 15.9 Å². The molecular weight excluding hydrogens is 357 g/mol. The van der Waals surface area contributed by atoms with Gasteiger partial charge in [-0.3, -0.25) is 9.78 Å². The second-order valence-electron chi connectivity index (χ2n) is 6.77. The Labute approximate surface area is 162 Å². The minimum absolute atomic E-state index is 0.170. The molecule has 1 aromatic carbocycles. The third-order valence-electron chi connectivity index (χ3n) is 4.87. The van der Waals surface area contributed by atoms with Gasteiger partial charge in [-0.25, -0.2) is 4.39 Å². The van der Waals surface area contributed by atoms with Gasteiger partial charge in [-0.1, -0.05) is 12.1 Å². The highest BCUT2D eigenvalue weighted by atomic mass is 19.1. The molecule has 1 fully saturated rings. The summed E-state index contributed by atoms with van der Waals surface area (Å²) in [6, 6.07) is 13.8. The van der Waals surface area contributed by atoms with Crippen LogP contribution in [-0.4, -0.2) is 34.2 Å². The molecule has 7 heteroatoms. The van der Waals surface area contributed by atoms with Crippen LogP contribution in [-0.2, 0) is 4.79 Å². The summed E-state index contributed by atoms with van der Waals surface area (Å²) in [5.74, 6) is -0.0894. The topological polar surface area (TPSA) is 71.0 Å². The lowest BCUT2D eigenvalue weighted by atomic mass is 9.97. The standard InChI is InChI=1S/C21H20FN5O/c22-17-5-1-2-6-19(17)24-21(28)16-4-3-13-27(14-16)20-8-7-18(25-26-20)15-9-11-23-12-10-15/h1-2,5-12,16H,3-4,13-14H2,(H,24,28).